The van der Waals surface area contributed by atoms with Gasteiger partial charge in [0, 0.05) is 38.8 Å². The Labute approximate surface area is 113 Å². The number of amides is 2. The van der Waals surface area contributed by atoms with Crippen molar-refractivity contribution in [3.8, 4) is 0 Å². The van der Waals surface area contributed by atoms with Gasteiger partial charge in [-0.2, -0.15) is 0 Å². The number of rotatable bonds is 3. The summed E-state index contributed by atoms with van der Waals surface area (Å²) in [5.41, 5.74) is 0. The van der Waals surface area contributed by atoms with Gasteiger partial charge >= 0.3 is 6.03 Å². The van der Waals surface area contributed by atoms with E-state index in [9.17, 15) is 4.79 Å². The van der Waals surface area contributed by atoms with Crippen LogP contribution in [0.2, 0.25) is 0 Å². The van der Waals surface area contributed by atoms with Crippen LogP contribution in [0.3, 0.4) is 0 Å². The zero-order valence-electron chi connectivity index (χ0n) is 11.8. The Morgan fingerprint density at radius 2 is 2.11 bits per heavy atom. The highest BCUT2D eigenvalue weighted by Crippen LogP contribution is 2.15. The minimum atomic E-state index is 0.0321. The molecule has 1 aliphatic heterocycles. The Kier molecular flexibility index (Phi) is 4.29. The van der Waals surface area contributed by atoms with Gasteiger partial charge in [-0.05, 0) is 12.8 Å². The van der Waals surface area contributed by atoms with Gasteiger partial charge < -0.3 is 19.6 Å². The second kappa shape index (κ2) is 5.95. The van der Waals surface area contributed by atoms with Crippen LogP contribution >= 0.6 is 0 Å². The fourth-order valence-electron chi connectivity index (χ4n) is 2.04. The van der Waals surface area contributed by atoms with Crippen molar-refractivity contribution in [3.63, 3.8) is 0 Å². The molecule has 0 aromatic carbocycles. The van der Waals surface area contributed by atoms with Gasteiger partial charge in [-0.1, -0.05) is 19.0 Å². The molecule has 2 rings (SSSR count). The molecule has 1 aromatic heterocycles. The molecule has 0 radical (unpaired) electrons. The third-order valence-corrected chi connectivity index (χ3v) is 3.17. The molecule has 1 aliphatic rings. The second-order valence-electron chi connectivity index (χ2n) is 5.35. The van der Waals surface area contributed by atoms with Crippen molar-refractivity contribution >= 4 is 11.8 Å². The summed E-state index contributed by atoms with van der Waals surface area (Å²) >= 11 is 0. The van der Waals surface area contributed by atoms with Crippen molar-refractivity contribution < 1.29 is 9.32 Å². The van der Waals surface area contributed by atoms with Crippen LogP contribution in [-0.4, -0.2) is 48.8 Å². The van der Waals surface area contributed by atoms with Crippen LogP contribution in [0.1, 0.15) is 19.6 Å². The molecule has 1 aromatic rings. The molecule has 0 bridgehead atoms. The standard InChI is InChI=1S/C13H22N4O2/c1-10(2)9-14-13(18)17-6-4-16(5-7-17)12-8-11(3)19-15-12/h8,10H,4-7,9H2,1-3H3,(H,14,18). The fraction of sp³-hybridized carbons (Fsp3) is 0.692. The van der Waals surface area contributed by atoms with Gasteiger partial charge in [0.1, 0.15) is 5.76 Å². The Bertz CT molecular complexity index is 422. The van der Waals surface area contributed by atoms with Crippen molar-refractivity contribution in [1.29, 1.82) is 0 Å². The number of carbonyl (C=O) groups is 1. The first-order chi connectivity index (χ1) is 9.06. The maximum Gasteiger partial charge on any atom is 0.317 e. The summed E-state index contributed by atoms with van der Waals surface area (Å²) in [6.45, 7) is 9.80. The minimum Gasteiger partial charge on any atom is -0.360 e. The molecule has 1 N–H and O–H groups in total. The van der Waals surface area contributed by atoms with Gasteiger partial charge in [0.05, 0.1) is 0 Å². The van der Waals surface area contributed by atoms with E-state index in [0.717, 1.165) is 44.3 Å². The highest BCUT2D eigenvalue weighted by atomic mass is 16.5. The lowest BCUT2D eigenvalue weighted by atomic mass is 10.2. The van der Waals surface area contributed by atoms with Crippen molar-refractivity contribution in [3.05, 3.63) is 11.8 Å². The molecular weight excluding hydrogens is 244 g/mol. The van der Waals surface area contributed by atoms with E-state index in [-0.39, 0.29) is 6.03 Å². The number of carbonyl (C=O) groups excluding carboxylic acids is 1. The quantitative estimate of drug-likeness (QED) is 0.900. The lowest BCUT2D eigenvalue weighted by Crippen LogP contribution is -2.52. The Morgan fingerprint density at radius 1 is 1.42 bits per heavy atom. The van der Waals surface area contributed by atoms with Crippen molar-refractivity contribution in [2.24, 2.45) is 5.92 Å². The van der Waals surface area contributed by atoms with Crippen LogP contribution in [0.5, 0.6) is 0 Å². The SMILES string of the molecule is Cc1cc(N2CCN(C(=O)NCC(C)C)CC2)no1. The number of aryl methyl sites for hydroxylation is 1. The van der Waals surface area contributed by atoms with Crippen LogP contribution in [0.15, 0.2) is 10.6 Å². The Hall–Kier alpha value is -1.72. The largest absolute Gasteiger partial charge is 0.360 e. The lowest BCUT2D eigenvalue weighted by Gasteiger charge is -2.34. The lowest BCUT2D eigenvalue weighted by molar-refractivity contribution is 0.193. The van der Waals surface area contributed by atoms with Gasteiger partial charge in [0.2, 0.25) is 0 Å². The molecule has 0 saturated carbocycles. The fourth-order valence-corrected chi connectivity index (χ4v) is 2.04. The summed E-state index contributed by atoms with van der Waals surface area (Å²) in [7, 11) is 0. The number of nitrogens with zero attached hydrogens (tertiary/aromatic N) is 3. The van der Waals surface area contributed by atoms with Crippen LogP contribution in [-0.2, 0) is 0 Å². The summed E-state index contributed by atoms with van der Waals surface area (Å²) in [5.74, 6) is 2.15. The average molecular weight is 266 g/mol. The van der Waals surface area contributed by atoms with E-state index in [1.807, 2.05) is 17.9 Å². The summed E-state index contributed by atoms with van der Waals surface area (Å²) < 4.78 is 5.07. The van der Waals surface area contributed by atoms with Crippen LogP contribution in [0.4, 0.5) is 10.6 Å². The van der Waals surface area contributed by atoms with Gasteiger partial charge in [-0.15, -0.1) is 0 Å². The summed E-state index contributed by atoms with van der Waals surface area (Å²) in [6, 6.07) is 1.96. The molecule has 0 aliphatic carbocycles. The van der Waals surface area contributed by atoms with Crippen molar-refractivity contribution in [1.82, 2.24) is 15.4 Å². The summed E-state index contributed by atoms with van der Waals surface area (Å²) in [4.78, 5) is 15.9. The molecule has 1 saturated heterocycles. The van der Waals surface area contributed by atoms with E-state index in [2.05, 4.69) is 29.2 Å². The number of aromatic nitrogens is 1. The molecular formula is C13H22N4O2. The highest BCUT2D eigenvalue weighted by Gasteiger charge is 2.22. The summed E-state index contributed by atoms with van der Waals surface area (Å²) in [6.07, 6.45) is 0. The topological polar surface area (TPSA) is 61.6 Å². The monoisotopic (exact) mass is 266 g/mol. The third kappa shape index (κ3) is 3.62. The Balaban J connectivity index is 1.80. The van der Waals surface area contributed by atoms with Gasteiger partial charge in [-0.3, -0.25) is 0 Å². The second-order valence-corrected chi connectivity index (χ2v) is 5.35. The first-order valence-electron chi connectivity index (χ1n) is 6.77. The number of nitrogens with one attached hydrogen (secondary N) is 1. The predicted octanol–water partition coefficient (Wildman–Crippen LogP) is 1.47. The smallest absolute Gasteiger partial charge is 0.317 e. The maximum atomic E-state index is 11.9. The minimum absolute atomic E-state index is 0.0321. The van der Waals surface area contributed by atoms with E-state index in [0.29, 0.717) is 5.92 Å². The summed E-state index contributed by atoms with van der Waals surface area (Å²) in [5, 5.41) is 6.95. The molecule has 0 unspecified atom stereocenters. The maximum absolute atomic E-state index is 11.9. The molecule has 6 heteroatoms. The number of urea groups is 1. The molecule has 106 valence electrons. The molecule has 1 fully saturated rings. The van der Waals surface area contributed by atoms with Crippen LogP contribution in [0, 0.1) is 12.8 Å². The first kappa shape index (κ1) is 13.7. The Morgan fingerprint density at radius 3 is 2.63 bits per heavy atom. The third-order valence-electron chi connectivity index (χ3n) is 3.17. The number of anilines is 1. The van der Waals surface area contributed by atoms with Crippen LogP contribution < -0.4 is 10.2 Å². The zero-order valence-corrected chi connectivity index (χ0v) is 11.8. The number of hydrogen-bond donors (Lipinski definition) is 1. The van der Waals surface area contributed by atoms with E-state index in [1.165, 1.54) is 0 Å². The molecule has 19 heavy (non-hydrogen) atoms. The average Bonchev–Trinajstić information content (AvgIpc) is 2.83. The first-order valence-corrected chi connectivity index (χ1v) is 6.77. The normalized spacial score (nSPS) is 16.0. The van der Waals surface area contributed by atoms with Gasteiger partial charge in [-0.25, -0.2) is 4.79 Å². The van der Waals surface area contributed by atoms with Crippen molar-refractivity contribution in [2.75, 3.05) is 37.6 Å². The van der Waals surface area contributed by atoms with E-state index >= 15 is 0 Å². The van der Waals surface area contributed by atoms with E-state index < -0.39 is 0 Å². The van der Waals surface area contributed by atoms with E-state index in [4.69, 9.17) is 4.52 Å². The van der Waals surface area contributed by atoms with Gasteiger partial charge in [0.25, 0.3) is 0 Å². The number of hydrogen-bond acceptors (Lipinski definition) is 4. The van der Waals surface area contributed by atoms with Gasteiger partial charge in [0.15, 0.2) is 5.82 Å². The van der Waals surface area contributed by atoms with Crippen molar-refractivity contribution in [2.45, 2.75) is 20.8 Å². The zero-order chi connectivity index (χ0) is 13.8. The van der Waals surface area contributed by atoms with E-state index in [1.54, 1.807) is 0 Å². The molecule has 0 atom stereocenters. The molecule has 6 nitrogen and oxygen atoms in total. The number of piperazine rings is 1. The molecule has 2 heterocycles. The van der Waals surface area contributed by atoms with Crippen LogP contribution in [0.25, 0.3) is 0 Å². The molecule has 2 amide bonds. The molecule has 0 spiro atoms. The highest BCUT2D eigenvalue weighted by molar-refractivity contribution is 5.74. The predicted molar refractivity (Wildman–Crippen MR) is 73.3 cm³/mol.